The summed E-state index contributed by atoms with van der Waals surface area (Å²) in [4.78, 5) is 11.1. The summed E-state index contributed by atoms with van der Waals surface area (Å²) in [5.74, 6) is 0. The van der Waals surface area contributed by atoms with Crippen molar-refractivity contribution < 1.29 is 4.79 Å². The Labute approximate surface area is 50.6 Å². The highest BCUT2D eigenvalue weighted by Crippen LogP contribution is 2.28. The Morgan fingerprint density at radius 3 is 2.75 bits per heavy atom. The van der Waals surface area contributed by atoms with Crippen LogP contribution in [0.25, 0.3) is 0 Å². The third-order valence-corrected chi connectivity index (χ3v) is 2.42. The maximum absolute atomic E-state index is 10.0. The van der Waals surface area contributed by atoms with Gasteiger partial charge in [-0.25, -0.2) is 4.79 Å². The van der Waals surface area contributed by atoms with Crippen molar-refractivity contribution in [3.63, 3.8) is 0 Å². The van der Waals surface area contributed by atoms with Crippen LogP contribution in [0.3, 0.4) is 0 Å². The fraction of sp³-hybridized carbons (Fsp3) is 0.167. The maximum atomic E-state index is 10.0. The summed E-state index contributed by atoms with van der Waals surface area (Å²) in [5, 5.41) is 3.80. The first kappa shape index (κ1) is 5.54. The van der Waals surface area contributed by atoms with Gasteiger partial charge in [-0.3, -0.25) is 0 Å². The summed E-state index contributed by atoms with van der Waals surface area (Å²) in [5.41, 5.74) is 0. The zero-order valence-corrected chi connectivity index (χ0v) is 5.37. The molecule has 0 aromatic carbocycles. The smallest absolute Gasteiger partial charge is 0.164 e. The van der Waals surface area contributed by atoms with Crippen LogP contribution in [-0.2, 0) is 4.79 Å². The molecule has 42 valence electrons. The van der Waals surface area contributed by atoms with Gasteiger partial charge in [-0.15, -0.1) is 0 Å². The third-order valence-electron chi connectivity index (χ3n) is 0.982. The molecule has 0 aliphatic carbocycles. The van der Waals surface area contributed by atoms with Gasteiger partial charge >= 0.3 is 0 Å². The van der Waals surface area contributed by atoms with E-state index in [2.05, 4.69) is 0 Å². The quantitative estimate of drug-likeness (QED) is 0.452. The molecule has 0 fully saturated rings. The van der Waals surface area contributed by atoms with Crippen molar-refractivity contribution >= 4 is 15.7 Å². The van der Waals surface area contributed by atoms with Crippen LogP contribution in [0.1, 0.15) is 6.92 Å². The van der Waals surface area contributed by atoms with Crippen LogP contribution in [-0.4, -0.2) is 5.23 Å². The molecule has 1 atom stereocenters. The molecule has 0 saturated heterocycles. The van der Waals surface area contributed by atoms with Crippen molar-refractivity contribution in [3.05, 3.63) is 22.5 Å². The molecule has 1 unspecified atom stereocenters. The second kappa shape index (κ2) is 2.12. The van der Waals surface area contributed by atoms with E-state index in [9.17, 15) is 4.79 Å². The largest absolute Gasteiger partial charge is 0.226 e. The van der Waals surface area contributed by atoms with Gasteiger partial charge in [0.05, 0.1) is 0 Å². The number of hydrogen-bond acceptors (Lipinski definition) is 1. The van der Waals surface area contributed by atoms with E-state index in [-0.39, 0.29) is 10.5 Å². The highest BCUT2D eigenvalue weighted by molar-refractivity contribution is 8.20. The Hall–Kier alpha value is -0.590. The average Bonchev–Trinajstić information content (AvgIpc) is 2.14. The SMILES string of the molecule is CC1=CC=CS1=C=O. The Kier molecular flexibility index (Phi) is 1.47. The summed E-state index contributed by atoms with van der Waals surface area (Å²) in [6, 6.07) is 0. The minimum atomic E-state index is -0.304. The predicted molar refractivity (Wildman–Crippen MR) is 36.2 cm³/mol. The lowest BCUT2D eigenvalue weighted by Gasteiger charge is -1.86. The highest BCUT2D eigenvalue weighted by Gasteiger charge is 1.96. The summed E-state index contributed by atoms with van der Waals surface area (Å²) in [7, 11) is -0.304. The number of carbonyl (C=O) groups excluding carboxylic acids is 1. The molecule has 1 aliphatic rings. The summed E-state index contributed by atoms with van der Waals surface area (Å²) in [6.45, 7) is 1.94. The first-order valence-electron chi connectivity index (χ1n) is 2.30. The number of allylic oxidation sites excluding steroid dienone is 3. The molecule has 0 saturated carbocycles. The Balaban J connectivity index is 3.05. The Morgan fingerprint density at radius 2 is 2.50 bits per heavy atom. The summed E-state index contributed by atoms with van der Waals surface area (Å²) < 4.78 is 0. The van der Waals surface area contributed by atoms with E-state index in [0.717, 1.165) is 4.91 Å². The lowest BCUT2D eigenvalue weighted by atomic mass is 10.5. The van der Waals surface area contributed by atoms with Gasteiger partial charge in [0.15, 0.2) is 5.23 Å². The molecule has 1 heterocycles. The van der Waals surface area contributed by atoms with E-state index in [1.165, 1.54) is 0 Å². The van der Waals surface area contributed by atoms with Crippen LogP contribution >= 0.6 is 10.5 Å². The van der Waals surface area contributed by atoms with Gasteiger partial charge in [-0.05, 0) is 17.2 Å². The molecule has 0 radical (unpaired) electrons. The third kappa shape index (κ3) is 0.808. The zero-order chi connectivity index (χ0) is 5.98. The highest BCUT2D eigenvalue weighted by atomic mass is 32.2. The molecule has 0 amide bonds. The zero-order valence-electron chi connectivity index (χ0n) is 4.55. The first-order valence-corrected chi connectivity index (χ1v) is 3.59. The van der Waals surface area contributed by atoms with Crippen LogP contribution < -0.4 is 0 Å². The van der Waals surface area contributed by atoms with Crippen molar-refractivity contribution in [2.24, 2.45) is 0 Å². The van der Waals surface area contributed by atoms with Gasteiger partial charge in [0.1, 0.15) is 0 Å². The molecule has 2 heteroatoms. The molecule has 1 aliphatic heterocycles. The normalized spacial score (nSPS) is 25.1. The lowest BCUT2D eigenvalue weighted by molar-refractivity contribution is 0.572. The monoisotopic (exact) mass is 126 g/mol. The van der Waals surface area contributed by atoms with Crippen molar-refractivity contribution in [1.29, 1.82) is 0 Å². The Bertz CT molecular complexity index is 207. The minimum Gasteiger partial charge on any atom is -0.226 e. The number of hydrogen-bond donors (Lipinski definition) is 0. The van der Waals surface area contributed by atoms with Crippen molar-refractivity contribution in [1.82, 2.24) is 0 Å². The minimum absolute atomic E-state index is 0.304. The van der Waals surface area contributed by atoms with Crippen molar-refractivity contribution in [2.45, 2.75) is 6.92 Å². The van der Waals surface area contributed by atoms with Gasteiger partial charge in [0.2, 0.25) is 0 Å². The fourth-order valence-electron chi connectivity index (χ4n) is 0.527. The molecule has 0 aromatic rings. The second-order valence-corrected chi connectivity index (χ2v) is 3.29. The van der Waals surface area contributed by atoms with Crippen LogP contribution in [0.5, 0.6) is 0 Å². The van der Waals surface area contributed by atoms with E-state index in [1.54, 1.807) is 0 Å². The van der Waals surface area contributed by atoms with Gasteiger partial charge < -0.3 is 0 Å². The molecular formula is C6H6OS. The maximum Gasteiger partial charge on any atom is 0.164 e. The standard InChI is InChI=1S/C6H6OS/c1-6-3-2-4-8(6)5-7/h2-4H,1H3. The summed E-state index contributed by atoms with van der Waals surface area (Å²) >= 11 is 0. The molecule has 0 N–H and O–H groups in total. The molecule has 8 heavy (non-hydrogen) atoms. The average molecular weight is 126 g/mol. The van der Waals surface area contributed by atoms with Crippen molar-refractivity contribution in [2.75, 3.05) is 0 Å². The van der Waals surface area contributed by atoms with E-state index in [0.29, 0.717) is 0 Å². The van der Waals surface area contributed by atoms with E-state index in [1.807, 2.05) is 29.7 Å². The van der Waals surface area contributed by atoms with Gasteiger partial charge in [-0.1, -0.05) is 22.6 Å². The molecule has 1 nitrogen and oxygen atoms in total. The topological polar surface area (TPSA) is 17.1 Å². The molecule has 0 spiro atoms. The molecule has 0 bridgehead atoms. The van der Waals surface area contributed by atoms with Gasteiger partial charge in [-0.2, -0.15) is 0 Å². The van der Waals surface area contributed by atoms with Crippen LogP contribution in [0.4, 0.5) is 0 Å². The van der Waals surface area contributed by atoms with E-state index < -0.39 is 0 Å². The summed E-state index contributed by atoms with van der Waals surface area (Å²) in [6.07, 6.45) is 3.83. The van der Waals surface area contributed by atoms with E-state index >= 15 is 0 Å². The van der Waals surface area contributed by atoms with Crippen LogP contribution in [0.15, 0.2) is 22.5 Å². The number of rotatable bonds is 0. The molecule has 1 rings (SSSR count). The fourth-order valence-corrected chi connectivity index (χ4v) is 1.39. The van der Waals surface area contributed by atoms with Gasteiger partial charge in [0.25, 0.3) is 0 Å². The first-order chi connectivity index (χ1) is 3.84. The Morgan fingerprint density at radius 1 is 1.75 bits per heavy atom. The predicted octanol–water partition coefficient (Wildman–Crippen LogP) is 1.75. The van der Waals surface area contributed by atoms with Crippen molar-refractivity contribution in [3.8, 4) is 0 Å². The van der Waals surface area contributed by atoms with E-state index in [4.69, 9.17) is 0 Å². The molecular weight excluding hydrogens is 120 g/mol. The molecule has 0 aromatic heterocycles. The van der Waals surface area contributed by atoms with Gasteiger partial charge in [0, 0.05) is 0 Å². The lowest BCUT2D eigenvalue weighted by Crippen LogP contribution is -1.59. The second-order valence-electron chi connectivity index (χ2n) is 1.53. The van der Waals surface area contributed by atoms with Crippen LogP contribution in [0.2, 0.25) is 0 Å². The van der Waals surface area contributed by atoms with Crippen LogP contribution in [0, 0.1) is 0 Å².